The van der Waals surface area contributed by atoms with Crippen molar-refractivity contribution in [3.05, 3.63) is 23.8 Å². The summed E-state index contributed by atoms with van der Waals surface area (Å²) in [7, 11) is 4.15. The maximum atomic E-state index is 2.25. The SMILES string of the molecule is CCSc1cc(N(C)C)ccc1C. The van der Waals surface area contributed by atoms with E-state index >= 15 is 0 Å². The molecule has 1 aromatic carbocycles. The summed E-state index contributed by atoms with van der Waals surface area (Å²) in [6.07, 6.45) is 0. The zero-order chi connectivity index (χ0) is 9.84. The minimum Gasteiger partial charge on any atom is -0.378 e. The third-order valence-electron chi connectivity index (χ3n) is 1.99. The van der Waals surface area contributed by atoms with Gasteiger partial charge in [-0.3, -0.25) is 0 Å². The summed E-state index contributed by atoms with van der Waals surface area (Å²) < 4.78 is 0. The molecule has 0 amide bonds. The van der Waals surface area contributed by atoms with Crippen molar-refractivity contribution in [2.75, 3.05) is 24.7 Å². The van der Waals surface area contributed by atoms with Crippen LogP contribution in [0.25, 0.3) is 0 Å². The van der Waals surface area contributed by atoms with Crippen LogP contribution >= 0.6 is 11.8 Å². The third kappa shape index (κ3) is 2.66. The third-order valence-corrected chi connectivity index (χ3v) is 3.03. The van der Waals surface area contributed by atoms with Crippen molar-refractivity contribution in [2.45, 2.75) is 18.7 Å². The molecule has 0 fully saturated rings. The van der Waals surface area contributed by atoms with Gasteiger partial charge in [0, 0.05) is 24.7 Å². The second-order valence-electron chi connectivity index (χ2n) is 3.28. The van der Waals surface area contributed by atoms with Gasteiger partial charge in [-0.2, -0.15) is 0 Å². The van der Waals surface area contributed by atoms with Gasteiger partial charge in [-0.15, -0.1) is 11.8 Å². The first-order valence-electron chi connectivity index (χ1n) is 4.56. The van der Waals surface area contributed by atoms with Crippen molar-refractivity contribution in [1.82, 2.24) is 0 Å². The van der Waals surface area contributed by atoms with Crippen molar-refractivity contribution in [3.8, 4) is 0 Å². The second-order valence-corrected chi connectivity index (χ2v) is 4.58. The van der Waals surface area contributed by atoms with E-state index in [-0.39, 0.29) is 0 Å². The highest BCUT2D eigenvalue weighted by Gasteiger charge is 2.00. The van der Waals surface area contributed by atoms with Crippen LogP contribution < -0.4 is 4.90 Å². The average molecular weight is 195 g/mol. The first kappa shape index (κ1) is 10.5. The topological polar surface area (TPSA) is 3.24 Å². The number of rotatable bonds is 3. The Kier molecular flexibility index (Phi) is 3.67. The zero-order valence-electron chi connectivity index (χ0n) is 8.79. The molecule has 0 aliphatic rings. The van der Waals surface area contributed by atoms with Crippen LogP contribution in [0.3, 0.4) is 0 Å². The molecule has 0 radical (unpaired) electrons. The lowest BCUT2D eigenvalue weighted by Gasteiger charge is -2.14. The van der Waals surface area contributed by atoms with E-state index in [0.29, 0.717) is 0 Å². The van der Waals surface area contributed by atoms with E-state index in [2.05, 4.69) is 51.0 Å². The molecular formula is C11H17NS. The molecular weight excluding hydrogens is 178 g/mol. The van der Waals surface area contributed by atoms with Gasteiger partial charge in [0.2, 0.25) is 0 Å². The molecule has 1 nitrogen and oxygen atoms in total. The Hall–Kier alpha value is -0.630. The van der Waals surface area contributed by atoms with Gasteiger partial charge < -0.3 is 4.90 Å². The minimum absolute atomic E-state index is 1.14. The summed E-state index contributed by atoms with van der Waals surface area (Å²) in [6, 6.07) is 6.60. The van der Waals surface area contributed by atoms with Gasteiger partial charge in [-0.1, -0.05) is 13.0 Å². The van der Waals surface area contributed by atoms with E-state index < -0.39 is 0 Å². The molecule has 0 aliphatic carbocycles. The fourth-order valence-corrected chi connectivity index (χ4v) is 1.99. The smallest absolute Gasteiger partial charge is 0.0372 e. The molecule has 1 rings (SSSR count). The number of hydrogen-bond acceptors (Lipinski definition) is 2. The molecule has 0 saturated heterocycles. The van der Waals surface area contributed by atoms with E-state index in [4.69, 9.17) is 0 Å². The summed E-state index contributed by atoms with van der Waals surface area (Å²) >= 11 is 1.91. The summed E-state index contributed by atoms with van der Waals surface area (Å²) in [5, 5.41) is 0. The molecule has 0 aromatic heterocycles. The molecule has 0 N–H and O–H groups in total. The first-order valence-corrected chi connectivity index (χ1v) is 5.54. The largest absolute Gasteiger partial charge is 0.378 e. The number of hydrogen-bond donors (Lipinski definition) is 0. The molecule has 0 aliphatic heterocycles. The number of anilines is 1. The van der Waals surface area contributed by atoms with E-state index in [1.165, 1.54) is 16.1 Å². The van der Waals surface area contributed by atoms with E-state index in [1.54, 1.807) is 0 Å². The lowest BCUT2D eigenvalue weighted by atomic mass is 10.2. The number of thioether (sulfide) groups is 1. The van der Waals surface area contributed by atoms with Crippen LogP contribution in [0, 0.1) is 6.92 Å². The van der Waals surface area contributed by atoms with Crippen LogP contribution in [0.15, 0.2) is 23.1 Å². The van der Waals surface area contributed by atoms with Crippen molar-refractivity contribution in [2.24, 2.45) is 0 Å². The summed E-state index contributed by atoms with van der Waals surface area (Å²) in [4.78, 5) is 3.54. The van der Waals surface area contributed by atoms with Crippen molar-refractivity contribution >= 4 is 17.4 Å². The van der Waals surface area contributed by atoms with Gasteiger partial charge in [-0.05, 0) is 30.4 Å². The fourth-order valence-electron chi connectivity index (χ4n) is 1.18. The highest BCUT2D eigenvalue weighted by molar-refractivity contribution is 7.99. The Morgan fingerprint density at radius 3 is 2.54 bits per heavy atom. The standard InChI is InChI=1S/C11H17NS/c1-5-13-11-8-10(12(3)4)7-6-9(11)2/h6-8H,5H2,1-4H3. The van der Waals surface area contributed by atoms with Crippen LogP contribution in [0.5, 0.6) is 0 Å². The zero-order valence-corrected chi connectivity index (χ0v) is 9.61. The lowest BCUT2D eigenvalue weighted by molar-refractivity contribution is 1.11. The molecule has 0 atom stereocenters. The summed E-state index contributed by atoms with van der Waals surface area (Å²) in [6.45, 7) is 4.35. The first-order chi connectivity index (χ1) is 6.15. The van der Waals surface area contributed by atoms with Crippen molar-refractivity contribution < 1.29 is 0 Å². The highest BCUT2D eigenvalue weighted by Crippen LogP contribution is 2.26. The fraction of sp³-hybridized carbons (Fsp3) is 0.455. The van der Waals surface area contributed by atoms with Gasteiger partial charge in [-0.25, -0.2) is 0 Å². The average Bonchev–Trinajstić information content (AvgIpc) is 2.08. The predicted molar refractivity (Wildman–Crippen MR) is 61.9 cm³/mol. The molecule has 1 aromatic rings. The van der Waals surface area contributed by atoms with Gasteiger partial charge in [0.15, 0.2) is 0 Å². The molecule has 0 unspecified atom stereocenters. The number of aryl methyl sites for hydroxylation is 1. The Morgan fingerprint density at radius 2 is 2.00 bits per heavy atom. The maximum absolute atomic E-state index is 2.25. The van der Waals surface area contributed by atoms with Crippen molar-refractivity contribution in [1.29, 1.82) is 0 Å². The highest BCUT2D eigenvalue weighted by atomic mass is 32.2. The van der Waals surface area contributed by atoms with Crippen LogP contribution in [0.2, 0.25) is 0 Å². The van der Waals surface area contributed by atoms with Crippen LogP contribution in [-0.2, 0) is 0 Å². The molecule has 0 saturated carbocycles. The van der Waals surface area contributed by atoms with E-state index in [1.807, 2.05) is 11.8 Å². The van der Waals surface area contributed by atoms with Crippen LogP contribution in [-0.4, -0.2) is 19.8 Å². The van der Waals surface area contributed by atoms with Gasteiger partial charge in [0.05, 0.1) is 0 Å². The van der Waals surface area contributed by atoms with Gasteiger partial charge in [0.25, 0.3) is 0 Å². The van der Waals surface area contributed by atoms with Gasteiger partial charge in [0.1, 0.15) is 0 Å². The Labute approximate surface area is 85.1 Å². The van der Waals surface area contributed by atoms with Crippen molar-refractivity contribution in [3.63, 3.8) is 0 Å². The quantitative estimate of drug-likeness (QED) is 0.682. The minimum atomic E-state index is 1.14. The predicted octanol–water partition coefficient (Wildman–Crippen LogP) is 3.17. The summed E-state index contributed by atoms with van der Waals surface area (Å²) in [5.41, 5.74) is 2.65. The maximum Gasteiger partial charge on any atom is 0.0372 e. The Balaban J connectivity index is 2.97. The van der Waals surface area contributed by atoms with E-state index in [9.17, 15) is 0 Å². The molecule has 13 heavy (non-hydrogen) atoms. The second kappa shape index (κ2) is 4.56. The van der Waals surface area contributed by atoms with Crippen LogP contribution in [0.4, 0.5) is 5.69 Å². The Morgan fingerprint density at radius 1 is 1.31 bits per heavy atom. The number of benzene rings is 1. The normalized spacial score (nSPS) is 10.2. The number of nitrogens with zero attached hydrogens (tertiary/aromatic N) is 1. The molecule has 2 heteroatoms. The molecule has 0 spiro atoms. The molecule has 0 heterocycles. The molecule has 72 valence electrons. The van der Waals surface area contributed by atoms with E-state index in [0.717, 1.165) is 5.75 Å². The van der Waals surface area contributed by atoms with Gasteiger partial charge >= 0.3 is 0 Å². The Bertz CT molecular complexity index is 281. The van der Waals surface area contributed by atoms with Crippen LogP contribution in [0.1, 0.15) is 12.5 Å². The lowest BCUT2D eigenvalue weighted by Crippen LogP contribution is -2.08. The summed E-state index contributed by atoms with van der Waals surface area (Å²) in [5.74, 6) is 1.14. The molecule has 0 bridgehead atoms. The monoisotopic (exact) mass is 195 g/mol.